The van der Waals surface area contributed by atoms with Gasteiger partial charge >= 0.3 is 0 Å². The first-order chi connectivity index (χ1) is 12.0. The van der Waals surface area contributed by atoms with Crippen molar-refractivity contribution < 1.29 is 9.53 Å². The van der Waals surface area contributed by atoms with E-state index in [1.807, 2.05) is 37.3 Å². The topological polar surface area (TPSA) is 43.3 Å². The van der Waals surface area contributed by atoms with Gasteiger partial charge in [0.2, 0.25) is 5.91 Å². The summed E-state index contributed by atoms with van der Waals surface area (Å²) in [4.78, 5) is 12.0. The van der Waals surface area contributed by atoms with Crippen molar-refractivity contribution in [1.82, 2.24) is 9.88 Å². The number of hydrogen-bond donors (Lipinski definition) is 1. The van der Waals surface area contributed by atoms with Crippen LogP contribution in [0, 0.1) is 20.8 Å². The van der Waals surface area contributed by atoms with E-state index in [0.717, 1.165) is 11.3 Å². The van der Waals surface area contributed by atoms with Gasteiger partial charge in [-0.15, -0.1) is 0 Å². The number of carbonyl (C=O) groups excluding carboxylic acids is 1. The van der Waals surface area contributed by atoms with Gasteiger partial charge in [-0.25, -0.2) is 0 Å². The van der Waals surface area contributed by atoms with Gasteiger partial charge in [0.1, 0.15) is 12.4 Å². The number of aromatic nitrogens is 1. The summed E-state index contributed by atoms with van der Waals surface area (Å²) in [6, 6.07) is 10.7. The molecule has 0 bridgehead atoms. The zero-order chi connectivity index (χ0) is 17.8. The molecule has 4 heteroatoms. The van der Waals surface area contributed by atoms with Gasteiger partial charge in [-0.3, -0.25) is 4.79 Å². The van der Waals surface area contributed by atoms with Crippen LogP contribution < -0.4 is 10.1 Å². The lowest BCUT2D eigenvalue weighted by Gasteiger charge is -2.07. The van der Waals surface area contributed by atoms with E-state index in [4.69, 9.17) is 4.74 Å². The Morgan fingerprint density at radius 1 is 1.24 bits per heavy atom. The van der Waals surface area contributed by atoms with E-state index in [2.05, 4.69) is 29.8 Å². The van der Waals surface area contributed by atoms with Crippen LogP contribution in [0.4, 0.5) is 0 Å². The molecule has 1 heterocycles. The Bertz CT molecular complexity index is 768. The van der Waals surface area contributed by atoms with Gasteiger partial charge in [0.05, 0.1) is 6.54 Å². The number of carbonyl (C=O) groups is 1. The average molecular weight is 338 g/mol. The number of hydrogen-bond acceptors (Lipinski definition) is 2. The second-order valence-corrected chi connectivity index (χ2v) is 6.71. The molecule has 0 radical (unpaired) electrons. The zero-order valence-electron chi connectivity index (χ0n) is 15.2. The quantitative estimate of drug-likeness (QED) is 0.613. The lowest BCUT2D eigenvalue weighted by molar-refractivity contribution is -0.116. The molecule has 3 rings (SSSR count). The Morgan fingerprint density at radius 2 is 1.96 bits per heavy atom. The van der Waals surface area contributed by atoms with Crippen LogP contribution in [-0.2, 0) is 4.79 Å². The predicted octanol–water partition coefficient (Wildman–Crippen LogP) is 3.96. The van der Waals surface area contributed by atoms with E-state index < -0.39 is 0 Å². The summed E-state index contributed by atoms with van der Waals surface area (Å²) in [5.74, 6) is 0.728. The number of nitrogens with one attached hydrogen (secondary N) is 1. The van der Waals surface area contributed by atoms with Crippen molar-refractivity contribution in [1.29, 1.82) is 0 Å². The molecule has 1 N–H and O–H groups in total. The molecule has 1 aromatic heterocycles. The molecule has 2 aromatic rings. The molecule has 1 amide bonds. The minimum absolute atomic E-state index is 0.0938. The SMILES string of the molecule is Cc1ccc(OCCNC(=O)/C=C/c2cc(C)n(C3CC3)c2C)cc1. The smallest absolute Gasteiger partial charge is 0.244 e. The van der Waals surface area contributed by atoms with Gasteiger partial charge in [-0.05, 0) is 63.5 Å². The number of amides is 1. The first kappa shape index (κ1) is 17.3. The van der Waals surface area contributed by atoms with E-state index in [1.54, 1.807) is 6.08 Å². The standard InChI is InChI=1S/C21H26N2O2/c1-15-4-9-20(10-5-15)25-13-12-22-21(24)11-6-18-14-16(2)23(17(18)3)19-7-8-19/h4-6,9-11,14,19H,7-8,12-13H2,1-3H3,(H,22,24)/b11-6+. The first-order valence-electron chi connectivity index (χ1n) is 8.88. The molecule has 132 valence electrons. The maximum atomic E-state index is 12.0. The molecule has 0 unspecified atom stereocenters. The van der Waals surface area contributed by atoms with Gasteiger partial charge < -0.3 is 14.6 Å². The second kappa shape index (κ2) is 7.60. The number of ether oxygens (including phenoxy) is 1. The molecule has 0 aliphatic heterocycles. The predicted molar refractivity (Wildman–Crippen MR) is 101 cm³/mol. The summed E-state index contributed by atoms with van der Waals surface area (Å²) < 4.78 is 7.99. The molecule has 1 fully saturated rings. The summed E-state index contributed by atoms with van der Waals surface area (Å²) in [5, 5.41) is 2.85. The van der Waals surface area contributed by atoms with Crippen LogP contribution in [0.15, 0.2) is 36.4 Å². The second-order valence-electron chi connectivity index (χ2n) is 6.71. The summed E-state index contributed by atoms with van der Waals surface area (Å²) in [6.07, 6.45) is 6.03. The Balaban J connectivity index is 1.45. The third-order valence-corrected chi connectivity index (χ3v) is 4.54. The van der Waals surface area contributed by atoms with Crippen LogP contribution in [0.5, 0.6) is 5.75 Å². The molecule has 1 saturated carbocycles. The van der Waals surface area contributed by atoms with Gasteiger partial charge in [0, 0.05) is 23.5 Å². The van der Waals surface area contributed by atoms with E-state index in [0.29, 0.717) is 19.2 Å². The lowest BCUT2D eigenvalue weighted by atomic mass is 10.2. The van der Waals surface area contributed by atoms with Crippen molar-refractivity contribution in [3.05, 3.63) is 58.9 Å². The summed E-state index contributed by atoms with van der Waals surface area (Å²) in [6.45, 7) is 7.23. The summed E-state index contributed by atoms with van der Waals surface area (Å²) in [7, 11) is 0. The van der Waals surface area contributed by atoms with Crippen LogP contribution in [0.25, 0.3) is 6.08 Å². The highest BCUT2D eigenvalue weighted by molar-refractivity contribution is 5.91. The Labute approximate surface area is 149 Å². The van der Waals surface area contributed by atoms with Crippen molar-refractivity contribution in [2.45, 2.75) is 39.7 Å². The minimum Gasteiger partial charge on any atom is -0.492 e. The number of aryl methyl sites for hydroxylation is 2. The Morgan fingerprint density at radius 3 is 2.64 bits per heavy atom. The van der Waals surface area contributed by atoms with E-state index in [9.17, 15) is 4.79 Å². The summed E-state index contributed by atoms with van der Waals surface area (Å²) >= 11 is 0. The normalized spacial score (nSPS) is 14.0. The highest BCUT2D eigenvalue weighted by Gasteiger charge is 2.26. The fourth-order valence-corrected chi connectivity index (χ4v) is 3.07. The van der Waals surface area contributed by atoms with Crippen molar-refractivity contribution in [3.8, 4) is 5.75 Å². The highest BCUT2D eigenvalue weighted by Crippen LogP contribution is 2.38. The van der Waals surface area contributed by atoms with Crippen LogP contribution in [0.3, 0.4) is 0 Å². The van der Waals surface area contributed by atoms with E-state index in [-0.39, 0.29) is 5.91 Å². The van der Waals surface area contributed by atoms with Crippen molar-refractivity contribution in [2.24, 2.45) is 0 Å². The number of rotatable bonds is 7. The van der Waals surface area contributed by atoms with E-state index >= 15 is 0 Å². The summed E-state index contributed by atoms with van der Waals surface area (Å²) in [5.41, 5.74) is 4.83. The van der Waals surface area contributed by atoms with Gasteiger partial charge in [0.15, 0.2) is 0 Å². The van der Waals surface area contributed by atoms with Crippen molar-refractivity contribution in [2.75, 3.05) is 13.2 Å². The molecule has 1 aliphatic rings. The molecular formula is C21H26N2O2. The maximum absolute atomic E-state index is 12.0. The molecule has 0 saturated heterocycles. The molecule has 1 aromatic carbocycles. The van der Waals surface area contributed by atoms with Gasteiger partial charge in [-0.1, -0.05) is 17.7 Å². The molecule has 25 heavy (non-hydrogen) atoms. The van der Waals surface area contributed by atoms with Crippen LogP contribution in [-0.4, -0.2) is 23.6 Å². The first-order valence-corrected chi connectivity index (χ1v) is 8.88. The van der Waals surface area contributed by atoms with Crippen molar-refractivity contribution >= 4 is 12.0 Å². The molecule has 4 nitrogen and oxygen atoms in total. The van der Waals surface area contributed by atoms with Gasteiger partial charge in [-0.2, -0.15) is 0 Å². The Hall–Kier alpha value is -2.49. The van der Waals surface area contributed by atoms with Crippen LogP contribution >= 0.6 is 0 Å². The molecular weight excluding hydrogens is 312 g/mol. The molecule has 0 atom stereocenters. The van der Waals surface area contributed by atoms with E-state index in [1.165, 1.54) is 29.8 Å². The lowest BCUT2D eigenvalue weighted by Crippen LogP contribution is -2.26. The number of benzene rings is 1. The maximum Gasteiger partial charge on any atom is 0.244 e. The fourth-order valence-electron chi connectivity index (χ4n) is 3.07. The molecule has 0 spiro atoms. The Kier molecular flexibility index (Phi) is 5.27. The fraction of sp³-hybridized carbons (Fsp3) is 0.381. The van der Waals surface area contributed by atoms with Crippen LogP contribution in [0.2, 0.25) is 0 Å². The minimum atomic E-state index is -0.0938. The monoisotopic (exact) mass is 338 g/mol. The zero-order valence-corrected chi connectivity index (χ0v) is 15.2. The number of nitrogens with zero attached hydrogens (tertiary/aromatic N) is 1. The largest absolute Gasteiger partial charge is 0.492 e. The van der Waals surface area contributed by atoms with Gasteiger partial charge in [0.25, 0.3) is 0 Å². The highest BCUT2D eigenvalue weighted by atomic mass is 16.5. The third-order valence-electron chi connectivity index (χ3n) is 4.54. The van der Waals surface area contributed by atoms with Crippen LogP contribution in [0.1, 0.15) is 41.4 Å². The molecule has 1 aliphatic carbocycles. The average Bonchev–Trinajstić information content (AvgIpc) is 3.37. The third kappa shape index (κ3) is 4.53. The van der Waals surface area contributed by atoms with Crippen molar-refractivity contribution in [3.63, 3.8) is 0 Å².